The molecule has 0 fully saturated rings. The topological polar surface area (TPSA) is 89.5 Å². The van der Waals surface area contributed by atoms with Crippen LogP contribution in [-0.2, 0) is 22.3 Å². The Labute approximate surface area is 95.8 Å². The summed E-state index contributed by atoms with van der Waals surface area (Å²) in [6.45, 7) is -0.370. The van der Waals surface area contributed by atoms with Crippen LogP contribution in [-0.4, -0.2) is 31.8 Å². The monoisotopic (exact) mass is 242 g/mol. The van der Waals surface area contributed by atoms with E-state index in [1.165, 1.54) is 0 Å². The Bertz CT molecular complexity index is 368. The van der Waals surface area contributed by atoms with Crippen LogP contribution >= 0.6 is 0 Å². The van der Waals surface area contributed by atoms with Crippen molar-refractivity contribution in [2.75, 3.05) is 6.54 Å². The molecule has 0 amide bonds. The fraction of sp³-hybridized carbons (Fsp3) is 0.300. The Hall–Kier alpha value is -1.24. The molecule has 0 radical (unpaired) electrons. The normalized spacial score (nSPS) is 14.3. The van der Waals surface area contributed by atoms with Gasteiger partial charge in [0.1, 0.15) is 0 Å². The van der Waals surface area contributed by atoms with Crippen LogP contribution in [0.4, 0.5) is 0 Å². The molecule has 0 aliphatic rings. The average molecular weight is 242 g/mol. The van der Waals surface area contributed by atoms with E-state index in [1.54, 1.807) is 24.3 Å². The van der Waals surface area contributed by atoms with E-state index >= 15 is 0 Å². The molecule has 6 heteroatoms. The summed E-state index contributed by atoms with van der Waals surface area (Å²) in [7, 11) is 0. The third kappa shape index (κ3) is 4.52. The number of carboxylic acid groups (broad SMARTS) is 1. The van der Waals surface area contributed by atoms with Crippen molar-refractivity contribution >= 4 is 17.0 Å². The van der Waals surface area contributed by atoms with Crippen LogP contribution in [0.2, 0.25) is 0 Å². The second-order valence-electron chi connectivity index (χ2n) is 3.21. The van der Waals surface area contributed by atoms with Crippen LogP contribution in [0, 0.1) is 0 Å². The number of hydrogen-bond donors (Lipinski definition) is 2. The van der Waals surface area contributed by atoms with E-state index < -0.39 is 22.4 Å². The fourth-order valence-corrected chi connectivity index (χ4v) is 1.79. The predicted molar refractivity (Wildman–Crippen MR) is 58.5 cm³/mol. The van der Waals surface area contributed by atoms with Crippen LogP contribution in [0.3, 0.4) is 0 Å². The van der Waals surface area contributed by atoms with E-state index in [2.05, 4.69) is 5.32 Å². The highest BCUT2D eigenvalue weighted by atomic mass is 32.2. The van der Waals surface area contributed by atoms with E-state index in [0.29, 0.717) is 0 Å². The third-order valence-corrected chi connectivity index (χ3v) is 2.78. The van der Waals surface area contributed by atoms with E-state index in [0.717, 1.165) is 5.56 Å². The first kappa shape index (κ1) is 12.8. The van der Waals surface area contributed by atoms with E-state index in [-0.39, 0.29) is 13.0 Å². The Kier molecular flexibility index (Phi) is 5.10. The van der Waals surface area contributed by atoms with Gasteiger partial charge in [-0.15, -0.1) is 0 Å². The molecule has 1 aromatic rings. The second kappa shape index (κ2) is 6.37. The van der Waals surface area contributed by atoms with Gasteiger partial charge in [-0.1, -0.05) is 30.3 Å². The molecule has 2 atom stereocenters. The Balaban J connectivity index is 2.58. The van der Waals surface area contributed by atoms with Gasteiger partial charge >= 0.3 is 5.97 Å². The molecular formula is C10H12NO4S-. The first-order valence-electron chi connectivity index (χ1n) is 4.67. The Morgan fingerprint density at radius 1 is 1.44 bits per heavy atom. The van der Waals surface area contributed by atoms with Crippen molar-refractivity contribution < 1.29 is 18.7 Å². The van der Waals surface area contributed by atoms with E-state index in [4.69, 9.17) is 5.11 Å². The summed E-state index contributed by atoms with van der Waals surface area (Å²) in [6.07, 6.45) is 0.254. The number of hydrogen-bond acceptors (Lipinski definition) is 4. The standard InChI is InChI=1S/C10H13NO4S/c12-10(13)7-11-9(16(14)15)6-8-4-2-1-3-5-8/h1-5,9,11H,6-7H2,(H,12,13)(H,14,15)/p-1. The second-order valence-corrected chi connectivity index (χ2v) is 4.30. The highest BCUT2D eigenvalue weighted by Crippen LogP contribution is 2.04. The molecular weight excluding hydrogens is 230 g/mol. The van der Waals surface area contributed by atoms with Crippen LogP contribution in [0.1, 0.15) is 5.56 Å². The molecule has 0 aromatic heterocycles. The molecule has 0 aliphatic carbocycles. The van der Waals surface area contributed by atoms with Gasteiger partial charge in [-0.3, -0.25) is 14.3 Å². The van der Waals surface area contributed by atoms with Crippen molar-refractivity contribution in [2.45, 2.75) is 11.8 Å². The lowest BCUT2D eigenvalue weighted by Gasteiger charge is -2.20. The molecule has 2 N–H and O–H groups in total. The summed E-state index contributed by atoms with van der Waals surface area (Å²) < 4.78 is 21.7. The van der Waals surface area contributed by atoms with Crippen molar-refractivity contribution in [3.05, 3.63) is 35.9 Å². The minimum absolute atomic E-state index is 0.254. The number of rotatable bonds is 6. The molecule has 5 nitrogen and oxygen atoms in total. The first-order valence-corrected chi connectivity index (χ1v) is 5.80. The molecule has 0 saturated carbocycles. The number of benzene rings is 1. The number of aliphatic carboxylic acids is 1. The summed E-state index contributed by atoms with van der Waals surface area (Å²) in [5, 5.41) is 10.0. The molecule has 0 saturated heterocycles. The smallest absolute Gasteiger partial charge is 0.317 e. The van der Waals surface area contributed by atoms with Gasteiger partial charge in [-0.25, -0.2) is 0 Å². The van der Waals surface area contributed by atoms with Crippen LogP contribution < -0.4 is 5.32 Å². The van der Waals surface area contributed by atoms with Gasteiger partial charge in [0.15, 0.2) is 0 Å². The molecule has 2 unspecified atom stereocenters. The minimum atomic E-state index is -2.34. The lowest BCUT2D eigenvalue weighted by atomic mass is 10.1. The van der Waals surface area contributed by atoms with Gasteiger partial charge in [0.05, 0.1) is 11.9 Å². The van der Waals surface area contributed by atoms with Crippen LogP contribution in [0.25, 0.3) is 0 Å². The summed E-state index contributed by atoms with van der Waals surface area (Å²) in [6, 6.07) is 9.02. The third-order valence-electron chi connectivity index (χ3n) is 1.98. The number of carbonyl (C=O) groups is 1. The maximum absolute atomic E-state index is 10.9. The zero-order valence-corrected chi connectivity index (χ0v) is 9.28. The van der Waals surface area contributed by atoms with Crippen molar-refractivity contribution in [3.63, 3.8) is 0 Å². The lowest BCUT2D eigenvalue weighted by Crippen LogP contribution is -2.38. The quantitative estimate of drug-likeness (QED) is 0.691. The lowest BCUT2D eigenvalue weighted by molar-refractivity contribution is -0.136. The van der Waals surface area contributed by atoms with Crippen LogP contribution in [0.5, 0.6) is 0 Å². The van der Waals surface area contributed by atoms with E-state index in [1.807, 2.05) is 6.07 Å². The Morgan fingerprint density at radius 3 is 2.56 bits per heavy atom. The molecule has 0 spiro atoms. The van der Waals surface area contributed by atoms with Gasteiger partial charge in [0, 0.05) is 0 Å². The number of carboxylic acids is 1. The van der Waals surface area contributed by atoms with Gasteiger partial charge in [0.25, 0.3) is 0 Å². The summed E-state index contributed by atoms with van der Waals surface area (Å²) in [5.41, 5.74) is 0.842. The maximum Gasteiger partial charge on any atom is 0.317 e. The fourth-order valence-electron chi connectivity index (χ4n) is 1.24. The largest absolute Gasteiger partial charge is 0.771 e. The molecule has 1 aromatic carbocycles. The minimum Gasteiger partial charge on any atom is -0.771 e. The molecule has 88 valence electrons. The summed E-state index contributed by atoms with van der Waals surface area (Å²) in [5.74, 6) is -1.08. The highest BCUT2D eigenvalue weighted by Gasteiger charge is 2.10. The molecule has 0 heterocycles. The van der Waals surface area contributed by atoms with Crippen molar-refractivity contribution in [3.8, 4) is 0 Å². The first-order chi connectivity index (χ1) is 7.59. The molecule has 1 rings (SSSR count). The highest BCUT2D eigenvalue weighted by molar-refractivity contribution is 7.79. The zero-order valence-electron chi connectivity index (χ0n) is 8.46. The predicted octanol–water partition coefficient (Wildman–Crippen LogP) is 0.108. The van der Waals surface area contributed by atoms with Crippen LogP contribution in [0.15, 0.2) is 30.3 Å². The van der Waals surface area contributed by atoms with Crippen molar-refractivity contribution in [1.29, 1.82) is 0 Å². The Morgan fingerprint density at radius 2 is 2.06 bits per heavy atom. The van der Waals surface area contributed by atoms with Gasteiger partial charge in [-0.05, 0) is 23.1 Å². The van der Waals surface area contributed by atoms with Gasteiger partial charge in [-0.2, -0.15) is 0 Å². The molecule has 16 heavy (non-hydrogen) atoms. The van der Waals surface area contributed by atoms with E-state index in [9.17, 15) is 13.6 Å². The molecule has 0 bridgehead atoms. The zero-order chi connectivity index (χ0) is 12.0. The van der Waals surface area contributed by atoms with Crippen molar-refractivity contribution in [2.24, 2.45) is 0 Å². The SMILES string of the molecule is O=C(O)CNC(Cc1ccccc1)S(=O)[O-]. The summed E-state index contributed by atoms with van der Waals surface area (Å²) in [4.78, 5) is 10.3. The van der Waals surface area contributed by atoms with Gasteiger partial charge in [0.2, 0.25) is 0 Å². The molecule has 0 aliphatic heterocycles. The van der Waals surface area contributed by atoms with Gasteiger partial charge < -0.3 is 9.66 Å². The summed E-state index contributed by atoms with van der Waals surface area (Å²) >= 11 is -2.34. The maximum atomic E-state index is 10.9. The number of nitrogens with one attached hydrogen (secondary N) is 1. The van der Waals surface area contributed by atoms with Crippen molar-refractivity contribution in [1.82, 2.24) is 5.32 Å². The average Bonchev–Trinajstić information content (AvgIpc) is 2.25.